The molecule has 0 aromatic heterocycles. The Morgan fingerprint density at radius 2 is 1.88 bits per heavy atom. The zero-order valence-corrected chi connectivity index (χ0v) is 8.12. The van der Waals surface area contributed by atoms with Gasteiger partial charge in [0.1, 0.15) is 5.76 Å². The van der Waals surface area contributed by atoms with Gasteiger partial charge in [0.2, 0.25) is 0 Å². The molecule has 0 saturated carbocycles. The number of rotatable bonds is 2. The predicted molar refractivity (Wildman–Crippen MR) is 56.3 cm³/mol. The van der Waals surface area contributed by atoms with E-state index in [4.69, 9.17) is 4.74 Å². The van der Waals surface area contributed by atoms with Crippen molar-refractivity contribution < 1.29 is 14.5 Å². The molecule has 0 spiro atoms. The van der Waals surface area contributed by atoms with Gasteiger partial charge in [0, 0.05) is 18.2 Å². The van der Waals surface area contributed by atoms with Gasteiger partial charge < -0.3 is 4.74 Å². The maximum atomic E-state index is 10.7. The molecule has 1 heterocycles. The smallest absolute Gasteiger partial charge is 0.336 e. The second-order valence-electron chi connectivity index (χ2n) is 3.15. The number of cyclic esters (lactones) is 1. The highest BCUT2D eigenvalue weighted by molar-refractivity contribution is 5.87. The van der Waals surface area contributed by atoms with E-state index in [2.05, 4.69) is 0 Å². The molecule has 16 heavy (non-hydrogen) atoms. The number of hydrogen-bond acceptors (Lipinski definition) is 4. The summed E-state index contributed by atoms with van der Waals surface area (Å²) in [4.78, 5) is 20.7. The lowest BCUT2D eigenvalue weighted by Crippen LogP contribution is -1.90. The Balaban J connectivity index is 2.20. The number of esters is 1. The lowest BCUT2D eigenvalue weighted by molar-refractivity contribution is -0.384. The molecule has 0 bridgehead atoms. The molecule has 1 aromatic carbocycles. The molecule has 1 aliphatic heterocycles. The molecule has 5 heteroatoms. The van der Waals surface area contributed by atoms with Gasteiger partial charge in [-0.25, -0.2) is 4.79 Å². The van der Waals surface area contributed by atoms with E-state index >= 15 is 0 Å². The molecule has 1 aromatic rings. The summed E-state index contributed by atoms with van der Waals surface area (Å²) in [6, 6.07) is 5.97. The van der Waals surface area contributed by atoms with Crippen molar-refractivity contribution in [3.63, 3.8) is 0 Å². The van der Waals surface area contributed by atoms with Gasteiger partial charge >= 0.3 is 5.97 Å². The number of nitro groups is 1. The van der Waals surface area contributed by atoms with Gasteiger partial charge in [0.25, 0.3) is 5.69 Å². The average molecular weight is 217 g/mol. The molecular formula is C11H7NO4. The van der Waals surface area contributed by atoms with Gasteiger partial charge in [-0.1, -0.05) is 0 Å². The molecule has 0 saturated heterocycles. The van der Waals surface area contributed by atoms with Crippen LogP contribution in [0.25, 0.3) is 6.08 Å². The van der Waals surface area contributed by atoms with E-state index in [1.54, 1.807) is 24.3 Å². The first-order chi connectivity index (χ1) is 7.65. The van der Waals surface area contributed by atoms with Crippen LogP contribution in [-0.4, -0.2) is 10.9 Å². The molecule has 0 aliphatic carbocycles. The van der Waals surface area contributed by atoms with E-state index in [0.29, 0.717) is 5.76 Å². The topological polar surface area (TPSA) is 69.4 Å². The predicted octanol–water partition coefficient (Wildman–Crippen LogP) is 2.05. The summed E-state index contributed by atoms with van der Waals surface area (Å²) in [5.74, 6) is 0.0204. The number of ether oxygens (including phenoxy) is 1. The molecular weight excluding hydrogens is 210 g/mol. The van der Waals surface area contributed by atoms with Crippen molar-refractivity contribution in [1.82, 2.24) is 0 Å². The van der Waals surface area contributed by atoms with Crippen molar-refractivity contribution in [2.45, 2.75) is 0 Å². The van der Waals surface area contributed by atoms with E-state index in [0.717, 1.165) is 5.56 Å². The van der Waals surface area contributed by atoms with Crippen molar-refractivity contribution in [1.29, 1.82) is 0 Å². The first kappa shape index (κ1) is 10.1. The second kappa shape index (κ2) is 3.98. The average Bonchev–Trinajstić information content (AvgIpc) is 2.65. The largest absolute Gasteiger partial charge is 0.423 e. The normalized spacial score (nSPS) is 16.5. The fourth-order valence-corrected chi connectivity index (χ4v) is 1.27. The Morgan fingerprint density at radius 1 is 1.19 bits per heavy atom. The standard InChI is InChI=1S/C11H7NO4/c13-11-6-5-10(16-11)7-8-1-3-9(4-2-8)12(14)15/h1-7H. The maximum absolute atomic E-state index is 10.7. The Labute approximate surface area is 90.8 Å². The summed E-state index contributed by atoms with van der Waals surface area (Å²) in [5, 5.41) is 10.4. The van der Waals surface area contributed by atoms with Gasteiger partial charge in [0.05, 0.1) is 4.92 Å². The number of benzene rings is 1. The third-order valence-corrected chi connectivity index (χ3v) is 2.01. The molecule has 0 fully saturated rings. The summed E-state index contributed by atoms with van der Waals surface area (Å²) in [7, 11) is 0. The number of hydrogen-bond donors (Lipinski definition) is 0. The SMILES string of the molecule is O=C1C=CC(=Cc2ccc([N+](=O)[O-])cc2)O1. The first-order valence-electron chi connectivity index (χ1n) is 4.51. The van der Waals surface area contributed by atoms with Gasteiger partial charge in [0.15, 0.2) is 0 Å². The van der Waals surface area contributed by atoms with Crippen LogP contribution in [0.15, 0.2) is 42.2 Å². The summed E-state index contributed by atoms with van der Waals surface area (Å²) in [6.07, 6.45) is 4.49. The number of allylic oxidation sites excluding steroid dienone is 1. The van der Waals surface area contributed by atoms with E-state index in [9.17, 15) is 14.9 Å². The molecule has 2 rings (SSSR count). The fourth-order valence-electron chi connectivity index (χ4n) is 1.27. The van der Waals surface area contributed by atoms with E-state index < -0.39 is 10.9 Å². The van der Waals surface area contributed by atoms with Crippen LogP contribution in [0.4, 0.5) is 5.69 Å². The Bertz CT molecular complexity index is 499. The van der Waals surface area contributed by atoms with Crippen molar-refractivity contribution in [2.75, 3.05) is 0 Å². The minimum Gasteiger partial charge on any atom is -0.423 e. The van der Waals surface area contributed by atoms with Crippen LogP contribution in [0, 0.1) is 10.1 Å². The minimum atomic E-state index is -0.466. The molecule has 0 amide bonds. The molecule has 5 nitrogen and oxygen atoms in total. The third-order valence-electron chi connectivity index (χ3n) is 2.01. The summed E-state index contributed by atoms with van der Waals surface area (Å²) in [6.45, 7) is 0. The van der Waals surface area contributed by atoms with Crippen LogP contribution in [0.2, 0.25) is 0 Å². The highest BCUT2D eigenvalue weighted by atomic mass is 16.6. The Morgan fingerprint density at radius 3 is 2.38 bits per heavy atom. The highest BCUT2D eigenvalue weighted by Gasteiger charge is 2.09. The van der Waals surface area contributed by atoms with Crippen molar-refractivity contribution in [3.8, 4) is 0 Å². The Kier molecular flexibility index (Phi) is 2.51. The van der Waals surface area contributed by atoms with Crippen LogP contribution in [0.5, 0.6) is 0 Å². The number of carbonyl (C=O) groups excluding carboxylic acids is 1. The van der Waals surface area contributed by atoms with E-state index in [1.807, 2.05) is 0 Å². The summed E-state index contributed by atoms with van der Waals surface area (Å²) < 4.78 is 4.82. The number of nitro benzene ring substituents is 1. The molecule has 0 radical (unpaired) electrons. The summed E-state index contributed by atoms with van der Waals surface area (Å²) >= 11 is 0. The van der Waals surface area contributed by atoms with E-state index in [1.165, 1.54) is 18.2 Å². The number of nitrogens with zero attached hydrogens (tertiary/aromatic N) is 1. The lowest BCUT2D eigenvalue weighted by Gasteiger charge is -1.96. The van der Waals surface area contributed by atoms with Gasteiger partial charge in [-0.2, -0.15) is 0 Å². The zero-order chi connectivity index (χ0) is 11.5. The maximum Gasteiger partial charge on any atom is 0.336 e. The van der Waals surface area contributed by atoms with Crippen LogP contribution in [0.1, 0.15) is 5.56 Å². The van der Waals surface area contributed by atoms with Crippen molar-refractivity contribution in [2.24, 2.45) is 0 Å². The molecule has 1 aliphatic rings. The first-order valence-corrected chi connectivity index (χ1v) is 4.51. The van der Waals surface area contributed by atoms with Crippen molar-refractivity contribution in [3.05, 3.63) is 57.9 Å². The second-order valence-corrected chi connectivity index (χ2v) is 3.15. The third kappa shape index (κ3) is 2.14. The zero-order valence-electron chi connectivity index (χ0n) is 8.12. The van der Waals surface area contributed by atoms with Crippen molar-refractivity contribution >= 4 is 17.7 Å². The lowest BCUT2D eigenvalue weighted by atomic mass is 10.2. The van der Waals surface area contributed by atoms with Crippen LogP contribution >= 0.6 is 0 Å². The summed E-state index contributed by atoms with van der Waals surface area (Å²) in [5.41, 5.74) is 0.765. The quantitative estimate of drug-likeness (QED) is 0.432. The minimum absolute atomic E-state index is 0.0288. The highest BCUT2D eigenvalue weighted by Crippen LogP contribution is 2.17. The monoisotopic (exact) mass is 217 g/mol. The van der Waals surface area contributed by atoms with Crippen LogP contribution < -0.4 is 0 Å². The molecule has 0 unspecified atom stereocenters. The van der Waals surface area contributed by atoms with E-state index in [-0.39, 0.29) is 5.69 Å². The number of carbonyl (C=O) groups is 1. The van der Waals surface area contributed by atoms with Gasteiger partial charge in [-0.15, -0.1) is 0 Å². The molecule has 0 atom stereocenters. The fraction of sp³-hybridized carbons (Fsp3) is 0. The van der Waals surface area contributed by atoms with Crippen LogP contribution in [-0.2, 0) is 9.53 Å². The molecule has 80 valence electrons. The number of non-ortho nitro benzene ring substituents is 1. The van der Waals surface area contributed by atoms with Gasteiger partial charge in [-0.05, 0) is 29.8 Å². The van der Waals surface area contributed by atoms with Crippen LogP contribution in [0.3, 0.4) is 0 Å². The van der Waals surface area contributed by atoms with Gasteiger partial charge in [-0.3, -0.25) is 10.1 Å². The Hall–Kier alpha value is -2.43. The molecule has 0 N–H and O–H groups in total.